The van der Waals surface area contributed by atoms with Gasteiger partial charge in [0.05, 0.1) is 11.8 Å². The number of hydrogen-bond donors (Lipinski definition) is 1. The molecule has 0 saturated heterocycles. The molecule has 0 saturated carbocycles. The van der Waals surface area contributed by atoms with Crippen LogP contribution in [0.1, 0.15) is 17.4 Å². The molecule has 4 nitrogen and oxygen atoms in total. The fourth-order valence-corrected chi connectivity index (χ4v) is 1.40. The Morgan fingerprint density at radius 2 is 2.50 bits per heavy atom. The number of rotatable bonds is 2. The van der Waals surface area contributed by atoms with Crippen molar-refractivity contribution in [2.45, 2.75) is 11.0 Å². The van der Waals surface area contributed by atoms with Crippen LogP contribution < -0.4 is 0 Å². The van der Waals surface area contributed by atoms with Crippen LogP contribution in [0.3, 0.4) is 0 Å². The molecule has 1 atom stereocenters. The molecule has 0 aliphatic carbocycles. The number of H-pyrrole nitrogens is 1. The van der Waals surface area contributed by atoms with Gasteiger partial charge in [0.15, 0.2) is 5.58 Å². The Balaban J connectivity index is 2.26. The molecule has 0 fully saturated rings. The van der Waals surface area contributed by atoms with Crippen LogP contribution >= 0.6 is 22.6 Å². The highest BCUT2D eigenvalue weighted by Gasteiger charge is 2.13. The van der Waals surface area contributed by atoms with Gasteiger partial charge < -0.3 is 14.1 Å². The maximum absolute atomic E-state index is 11.4. The number of aromatic amines is 1. The second kappa shape index (κ2) is 3.64. The van der Waals surface area contributed by atoms with E-state index in [-0.39, 0.29) is 10.1 Å². The van der Waals surface area contributed by atoms with Gasteiger partial charge in [0.1, 0.15) is 9.80 Å². The van der Waals surface area contributed by atoms with E-state index in [9.17, 15) is 4.79 Å². The van der Waals surface area contributed by atoms with Crippen LogP contribution in [0.5, 0.6) is 0 Å². The molecule has 5 heteroatoms. The van der Waals surface area contributed by atoms with Crippen LogP contribution in [0.4, 0.5) is 0 Å². The Labute approximate surface area is 93.7 Å². The Hall–Kier alpha value is -0.980. The van der Waals surface area contributed by atoms with E-state index in [1.54, 1.807) is 25.3 Å². The van der Waals surface area contributed by atoms with Gasteiger partial charge >= 0.3 is 5.97 Å². The van der Waals surface area contributed by atoms with Crippen molar-refractivity contribution in [1.29, 1.82) is 0 Å². The topological polar surface area (TPSA) is 55.2 Å². The van der Waals surface area contributed by atoms with Crippen LogP contribution in [0.2, 0.25) is 0 Å². The lowest BCUT2D eigenvalue weighted by Gasteiger charge is -2.03. The lowest BCUT2D eigenvalue weighted by atomic mass is 10.4. The third-order valence-corrected chi connectivity index (χ3v) is 1.98. The molecule has 0 aliphatic heterocycles. The predicted octanol–water partition coefficient (Wildman–Crippen LogP) is 2.70. The summed E-state index contributed by atoms with van der Waals surface area (Å²) in [5, 5.41) is 0. The summed E-state index contributed by atoms with van der Waals surface area (Å²) in [7, 11) is 0. The van der Waals surface area contributed by atoms with Gasteiger partial charge in [-0.1, -0.05) is 0 Å². The van der Waals surface area contributed by atoms with Crippen molar-refractivity contribution in [3.63, 3.8) is 0 Å². The maximum atomic E-state index is 11.4. The highest BCUT2D eigenvalue weighted by atomic mass is 127. The number of furan rings is 1. The van der Waals surface area contributed by atoms with Crippen molar-refractivity contribution >= 4 is 39.7 Å². The quantitative estimate of drug-likeness (QED) is 0.527. The van der Waals surface area contributed by atoms with E-state index < -0.39 is 0 Å². The number of fused-ring (bicyclic) bond motifs is 1. The summed E-state index contributed by atoms with van der Waals surface area (Å²) in [5.41, 5.74) is 1.89. The zero-order valence-corrected chi connectivity index (χ0v) is 9.57. The van der Waals surface area contributed by atoms with E-state index in [2.05, 4.69) is 4.98 Å². The van der Waals surface area contributed by atoms with Crippen LogP contribution in [0.25, 0.3) is 11.1 Å². The highest BCUT2D eigenvalue weighted by Crippen LogP contribution is 2.17. The summed E-state index contributed by atoms with van der Waals surface area (Å²) in [5.74, 6) is -0.363. The zero-order chi connectivity index (χ0) is 10.1. The molecule has 0 spiro atoms. The van der Waals surface area contributed by atoms with Gasteiger partial charge in [-0.2, -0.15) is 0 Å². The SMILES string of the molecule is CC(I)OC(=O)c1cc2occc2[nH]1. The predicted molar refractivity (Wildman–Crippen MR) is 59.5 cm³/mol. The zero-order valence-electron chi connectivity index (χ0n) is 7.41. The van der Waals surface area contributed by atoms with Crippen LogP contribution in [0, 0.1) is 0 Å². The Bertz CT molecular complexity index is 429. The molecule has 74 valence electrons. The summed E-state index contributed by atoms with van der Waals surface area (Å²) >= 11 is 2.02. The number of hydrogen-bond acceptors (Lipinski definition) is 3. The number of esters is 1. The van der Waals surface area contributed by atoms with Crippen LogP contribution in [-0.4, -0.2) is 15.1 Å². The number of carbonyl (C=O) groups is 1. The Morgan fingerprint density at radius 1 is 1.71 bits per heavy atom. The Kier molecular flexibility index (Phi) is 2.49. The molecule has 0 aliphatic rings. The van der Waals surface area contributed by atoms with Crippen molar-refractivity contribution in [2.75, 3.05) is 0 Å². The lowest BCUT2D eigenvalue weighted by Crippen LogP contribution is -2.09. The lowest BCUT2D eigenvalue weighted by molar-refractivity contribution is 0.0496. The first-order valence-corrected chi connectivity index (χ1v) is 5.32. The monoisotopic (exact) mass is 305 g/mol. The van der Waals surface area contributed by atoms with Gasteiger partial charge in [0.25, 0.3) is 0 Å². The summed E-state index contributed by atoms with van der Waals surface area (Å²) in [6.45, 7) is 1.80. The second-order valence-corrected chi connectivity index (χ2v) is 4.58. The number of halogens is 1. The van der Waals surface area contributed by atoms with Gasteiger partial charge in [0.2, 0.25) is 0 Å². The smallest absolute Gasteiger partial charge is 0.355 e. The van der Waals surface area contributed by atoms with E-state index in [0.29, 0.717) is 11.3 Å². The van der Waals surface area contributed by atoms with Gasteiger partial charge in [-0.05, 0) is 29.5 Å². The third-order valence-electron chi connectivity index (χ3n) is 1.73. The first kappa shape index (κ1) is 9.57. The van der Waals surface area contributed by atoms with E-state index in [0.717, 1.165) is 5.52 Å². The first-order chi connectivity index (χ1) is 6.66. The molecule has 1 unspecified atom stereocenters. The minimum absolute atomic E-state index is 0.144. The summed E-state index contributed by atoms with van der Waals surface area (Å²) < 4.78 is 9.98. The van der Waals surface area contributed by atoms with Gasteiger partial charge in [-0.3, -0.25) is 0 Å². The molecule has 2 aromatic rings. The molecule has 1 N–H and O–H groups in total. The minimum atomic E-state index is -0.363. The fraction of sp³-hybridized carbons (Fsp3) is 0.222. The van der Waals surface area contributed by atoms with Crippen LogP contribution in [-0.2, 0) is 4.74 Å². The van der Waals surface area contributed by atoms with Crippen molar-refractivity contribution in [1.82, 2.24) is 4.98 Å². The molecule has 14 heavy (non-hydrogen) atoms. The van der Waals surface area contributed by atoms with Gasteiger partial charge in [-0.15, -0.1) is 0 Å². The molecular formula is C9H8INO3. The van der Waals surface area contributed by atoms with Gasteiger partial charge in [-0.25, -0.2) is 4.79 Å². The highest BCUT2D eigenvalue weighted by molar-refractivity contribution is 14.1. The minimum Gasteiger partial charge on any atom is -0.463 e. The van der Waals surface area contributed by atoms with Crippen molar-refractivity contribution in [3.8, 4) is 0 Å². The number of carbonyl (C=O) groups excluding carboxylic acids is 1. The molecular weight excluding hydrogens is 297 g/mol. The van der Waals surface area contributed by atoms with Gasteiger partial charge in [0, 0.05) is 12.1 Å². The average Bonchev–Trinajstić information content (AvgIpc) is 2.58. The van der Waals surface area contributed by atoms with E-state index in [1.807, 2.05) is 22.6 Å². The van der Waals surface area contributed by atoms with E-state index in [4.69, 9.17) is 9.15 Å². The molecule has 0 radical (unpaired) electrons. The van der Waals surface area contributed by atoms with Crippen molar-refractivity contribution in [2.24, 2.45) is 0 Å². The number of ether oxygens (including phenoxy) is 1. The second-order valence-electron chi connectivity index (χ2n) is 2.83. The molecule has 0 bridgehead atoms. The molecule has 2 rings (SSSR count). The standard InChI is InChI=1S/C9H8INO3/c1-5(10)14-9(12)7-4-8-6(11-7)2-3-13-8/h2-5,11H,1H3. The number of alkyl halides is 1. The number of aromatic nitrogens is 1. The largest absolute Gasteiger partial charge is 0.463 e. The van der Waals surface area contributed by atoms with E-state index in [1.165, 1.54) is 0 Å². The molecule has 2 aromatic heterocycles. The number of nitrogens with one attached hydrogen (secondary N) is 1. The van der Waals surface area contributed by atoms with Crippen LogP contribution in [0.15, 0.2) is 22.8 Å². The average molecular weight is 305 g/mol. The fourth-order valence-electron chi connectivity index (χ4n) is 1.17. The summed E-state index contributed by atoms with van der Waals surface area (Å²) in [6, 6.07) is 3.40. The molecule has 2 heterocycles. The Morgan fingerprint density at radius 3 is 3.14 bits per heavy atom. The normalized spacial score (nSPS) is 13.0. The molecule has 0 aromatic carbocycles. The van der Waals surface area contributed by atoms with E-state index >= 15 is 0 Å². The van der Waals surface area contributed by atoms with Crippen molar-refractivity contribution < 1.29 is 13.9 Å². The summed E-state index contributed by atoms with van der Waals surface area (Å²) in [4.78, 5) is 14.3. The van der Waals surface area contributed by atoms with Crippen molar-refractivity contribution in [3.05, 3.63) is 24.1 Å². The summed E-state index contributed by atoms with van der Waals surface area (Å²) in [6.07, 6.45) is 1.57. The maximum Gasteiger partial charge on any atom is 0.355 e. The third kappa shape index (κ3) is 1.77. The first-order valence-electron chi connectivity index (χ1n) is 4.08. The molecule has 0 amide bonds.